The molecule has 4 rings (SSSR count). The molecule has 1 N–H and O–H groups in total. The summed E-state index contributed by atoms with van der Waals surface area (Å²) in [7, 11) is -3.78. The fourth-order valence-electron chi connectivity index (χ4n) is 5.27. The number of halogens is 1. The minimum Gasteiger partial charge on any atom is -0.349 e. The fourth-order valence-corrected chi connectivity index (χ4v) is 7.29. The van der Waals surface area contributed by atoms with Gasteiger partial charge < -0.3 is 10.2 Å². The van der Waals surface area contributed by atoms with Gasteiger partial charge in [-0.05, 0) is 29.7 Å². The summed E-state index contributed by atoms with van der Waals surface area (Å²) in [6, 6.07) is 15.8. The lowest BCUT2D eigenvalue weighted by molar-refractivity contribution is -0.132. The van der Waals surface area contributed by atoms with Crippen LogP contribution in [0.1, 0.15) is 37.4 Å². The summed E-state index contributed by atoms with van der Waals surface area (Å²) >= 11 is 6.09. The zero-order valence-corrected chi connectivity index (χ0v) is 20.3. The lowest BCUT2D eigenvalue weighted by Gasteiger charge is -2.45. The first kappa shape index (κ1) is 23.7. The summed E-state index contributed by atoms with van der Waals surface area (Å²) in [6.45, 7) is 3.97. The van der Waals surface area contributed by atoms with E-state index >= 15 is 0 Å². The Bertz CT molecular complexity index is 1160. The largest absolute Gasteiger partial charge is 0.349 e. The van der Waals surface area contributed by atoms with Crippen LogP contribution in [-0.2, 0) is 25.4 Å². The molecule has 0 spiro atoms. The van der Waals surface area contributed by atoms with Crippen LogP contribution < -0.4 is 5.32 Å². The Morgan fingerprint density at radius 1 is 1.12 bits per heavy atom. The first-order valence-electron chi connectivity index (χ1n) is 10.9. The SMILES string of the molecule is CC(=O)N[C@@]12CCN(C(C)=O)C[C@@H]1[C@@H](c1ccccc1)N(S(=O)(=O)Cc1cccc(Cl)c1)C2. The van der Waals surface area contributed by atoms with Gasteiger partial charge >= 0.3 is 0 Å². The number of rotatable bonds is 5. The highest BCUT2D eigenvalue weighted by Crippen LogP contribution is 2.49. The molecule has 0 radical (unpaired) electrons. The number of nitrogens with one attached hydrogen (secondary N) is 1. The zero-order valence-electron chi connectivity index (χ0n) is 18.7. The molecule has 33 heavy (non-hydrogen) atoms. The van der Waals surface area contributed by atoms with Crippen molar-refractivity contribution in [3.8, 4) is 0 Å². The third kappa shape index (κ3) is 4.78. The third-order valence-electron chi connectivity index (χ3n) is 6.69. The summed E-state index contributed by atoms with van der Waals surface area (Å²) in [4.78, 5) is 26.2. The normalized spacial score (nSPS) is 25.5. The first-order valence-corrected chi connectivity index (χ1v) is 12.9. The van der Waals surface area contributed by atoms with Crippen molar-refractivity contribution in [3.05, 3.63) is 70.7 Å². The molecule has 0 aromatic heterocycles. The number of sulfonamides is 1. The summed E-state index contributed by atoms with van der Waals surface area (Å²) < 4.78 is 29.1. The summed E-state index contributed by atoms with van der Waals surface area (Å²) in [5.41, 5.74) is 0.692. The summed E-state index contributed by atoms with van der Waals surface area (Å²) in [6.07, 6.45) is 0.489. The lowest BCUT2D eigenvalue weighted by Crippen LogP contribution is -2.61. The van der Waals surface area contributed by atoms with Crippen molar-refractivity contribution >= 4 is 33.4 Å². The Hall–Kier alpha value is -2.42. The predicted molar refractivity (Wildman–Crippen MR) is 127 cm³/mol. The minimum absolute atomic E-state index is 0.0570. The Kier molecular flexibility index (Phi) is 6.53. The quantitative estimate of drug-likeness (QED) is 0.699. The predicted octanol–water partition coefficient (Wildman–Crippen LogP) is 2.97. The van der Waals surface area contributed by atoms with E-state index in [0.717, 1.165) is 5.56 Å². The van der Waals surface area contributed by atoms with Gasteiger partial charge in [0, 0.05) is 44.4 Å². The van der Waals surface area contributed by atoms with Crippen molar-refractivity contribution in [2.24, 2.45) is 5.92 Å². The van der Waals surface area contributed by atoms with E-state index in [1.54, 1.807) is 29.2 Å². The lowest BCUT2D eigenvalue weighted by atomic mass is 9.75. The number of carbonyl (C=O) groups is 2. The van der Waals surface area contributed by atoms with E-state index in [1.807, 2.05) is 30.3 Å². The number of amides is 2. The monoisotopic (exact) mass is 489 g/mol. The fraction of sp³-hybridized carbons (Fsp3) is 0.417. The highest BCUT2D eigenvalue weighted by Gasteiger charge is 2.58. The van der Waals surface area contributed by atoms with Crippen LogP contribution in [-0.4, -0.2) is 54.6 Å². The van der Waals surface area contributed by atoms with Crippen LogP contribution in [0.2, 0.25) is 5.02 Å². The molecule has 2 saturated heterocycles. The molecule has 9 heteroatoms. The number of benzene rings is 2. The molecule has 176 valence electrons. The maximum absolute atomic E-state index is 13.8. The van der Waals surface area contributed by atoms with Crippen molar-refractivity contribution in [1.82, 2.24) is 14.5 Å². The van der Waals surface area contributed by atoms with E-state index in [9.17, 15) is 18.0 Å². The number of fused-ring (bicyclic) bond motifs is 1. The highest BCUT2D eigenvalue weighted by atomic mass is 35.5. The van der Waals surface area contributed by atoms with E-state index in [1.165, 1.54) is 18.2 Å². The summed E-state index contributed by atoms with van der Waals surface area (Å²) in [5, 5.41) is 3.56. The van der Waals surface area contributed by atoms with Gasteiger partial charge in [0.25, 0.3) is 0 Å². The molecule has 0 unspecified atom stereocenters. The smallest absolute Gasteiger partial charge is 0.219 e. The van der Waals surface area contributed by atoms with E-state index in [0.29, 0.717) is 30.1 Å². The average Bonchev–Trinajstić information content (AvgIpc) is 3.08. The number of carbonyl (C=O) groups excluding carboxylic acids is 2. The number of nitrogens with zero attached hydrogens (tertiary/aromatic N) is 2. The molecule has 3 atom stereocenters. The van der Waals surface area contributed by atoms with E-state index in [4.69, 9.17) is 11.6 Å². The Balaban J connectivity index is 1.79. The van der Waals surface area contributed by atoms with E-state index < -0.39 is 21.6 Å². The van der Waals surface area contributed by atoms with Gasteiger partial charge in [0.05, 0.1) is 17.3 Å². The number of piperidine rings is 1. The zero-order chi connectivity index (χ0) is 23.8. The molecule has 0 saturated carbocycles. The molecule has 2 aliphatic heterocycles. The Labute approximate surface area is 199 Å². The van der Waals surface area contributed by atoms with Crippen molar-refractivity contribution < 1.29 is 18.0 Å². The second-order valence-corrected chi connectivity index (χ2v) is 11.3. The molecule has 2 aromatic rings. The molecule has 0 aliphatic carbocycles. The molecule has 2 aromatic carbocycles. The standard InChI is InChI=1S/C24H28ClN3O4S/c1-17(29)26-24-11-12-27(18(2)30)14-22(24)23(20-8-4-3-5-9-20)28(16-24)33(31,32)15-19-7-6-10-21(25)13-19/h3-10,13,22-23H,11-12,14-16H2,1-2H3,(H,26,29)/t22-,23-,24-/m1/s1. The van der Waals surface area contributed by atoms with Crippen LogP contribution >= 0.6 is 11.6 Å². The highest BCUT2D eigenvalue weighted by molar-refractivity contribution is 7.88. The topological polar surface area (TPSA) is 86.8 Å². The molecule has 2 aliphatic rings. The summed E-state index contributed by atoms with van der Waals surface area (Å²) in [5.74, 6) is -0.748. The Morgan fingerprint density at radius 3 is 2.48 bits per heavy atom. The molecule has 7 nitrogen and oxygen atoms in total. The van der Waals surface area contributed by atoms with Crippen molar-refractivity contribution in [3.63, 3.8) is 0 Å². The maximum Gasteiger partial charge on any atom is 0.219 e. The second kappa shape index (κ2) is 9.08. The van der Waals surface area contributed by atoms with Gasteiger partial charge in [-0.25, -0.2) is 8.42 Å². The van der Waals surface area contributed by atoms with Gasteiger partial charge in [-0.3, -0.25) is 9.59 Å². The van der Waals surface area contributed by atoms with Crippen molar-refractivity contribution in [1.29, 1.82) is 0 Å². The molecule has 2 fully saturated rings. The van der Waals surface area contributed by atoms with Gasteiger partial charge in [-0.15, -0.1) is 0 Å². The maximum atomic E-state index is 13.8. The van der Waals surface area contributed by atoms with Crippen LogP contribution in [0, 0.1) is 5.92 Å². The van der Waals surface area contributed by atoms with Crippen LogP contribution in [0.4, 0.5) is 0 Å². The number of hydrogen-bond acceptors (Lipinski definition) is 4. The molecule has 0 bridgehead atoms. The van der Waals surface area contributed by atoms with Gasteiger partial charge in [-0.2, -0.15) is 4.31 Å². The van der Waals surface area contributed by atoms with Crippen molar-refractivity contribution in [2.45, 2.75) is 37.6 Å². The minimum atomic E-state index is -3.78. The van der Waals surface area contributed by atoms with Crippen LogP contribution in [0.15, 0.2) is 54.6 Å². The van der Waals surface area contributed by atoms with E-state index in [-0.39, 0.29) is 30.0 Å². The molecule has 2 heterocycles. The van der Waals surface area contributed by atoms with Crippen LogP contribution in [0.5, 0.6) is 0 Å². The number of likely N-dealkylation sites (tertiary alicyclic amines) is 1. The van der Waals surface area contributed by atoms with Crippen LogP contribution in [0.3, 0.4) is 0 Å². The van der Waals surface area contributed by atoms with Gasteiger partial charge in [0.15, 0.2) is 0 Å². The molecular formula is C24H28ClN3O4S. The van der Waals surface area contributed by atoms with Gasteiger partial charge in [0.2, 0.25) is 21.8 Å². The average molecular weight is 490 g/mol. The first-order chi connectivity index (χ1) is 15.6. The molecular weight excluding hydrogens is 462 g/mol. The van der Waals surface area contributed by atoms with Crippen molar-refractivity contribution in [2.75, 3.05) is 19.6 Å². The van der Waals surface area contributed by atoms with Gasteiger partial charge in [0.1, 0.15) is 0 Å². The third-order valence-corrected chi connectivity index (χ3v) is 8.69. The van der Waals surface area contributed by atoms with E-state index in [2.05, 4.69) is 5.32 Å². The number of hydrogen-bond donors (Lipinski definition) is 1. The van der Waals surface area contributed by atoms with Crippen LogP contribution in [0.25, 0.3) is 0 Å². The van der Waals surface area contributed by atoms with Gasteiger partial charge in [-0.1, -0.05) is 54.1 Å². The second-order valence-electron chi connectivity index (χ2n) is 8.95. The Morgan fingerprint density at radius 2 is 1.85 bits per heavy atom. The molecule has 2 amide bonds.